The molecule has 0 aromatic heterocycles. The number of benzene rings is 1. The molecule has 0 aliphatic carbocycles. The van der Waals surface area contributed by atoms with Gasteiger partial charge < -0.3 is 9.84 Å². The average Bonchev–Trinajstić information content (AvgIpc) is 2.67. The third kappa shape index (κ3) is 5.33. The van der Waals surface area contributed by atoms with E-state index in [0.717, 1.165) is 38.3 Å². The van der Waals surface area contributed by atoms with Gasteiger partial charge in [0.15, 0.2) is 0 Å². The summed E-state index contributed by atoms with van der Waals surface area (Å²) in [6, 6.07) is 6.70. The second-order valence-corrected chi connectivity index (χ2v) is 6.25. The minimum absolute atomic E-state index is 0.290. The number of aliphatic hydroxyl groups excluding tert-OH is 1. The molecule has 1 heterocycles. The van der Waals surface area contributed by atoms with Crippen molar-refractivity contribution < 1.29 is 9.84 Å². The first-order chi connectivity index (χ1) is 10.2. The highest BCUT2D eigenvalue weighted by molar-refractivity contribution is 5.32. The van der Waals surface area contributed by atoms with E-state index in [2.05, 4.69) is 36.9 Å². The number of hydrogen-bond acceptors (Lipinski definition) is 3. The van der Waals surface area contributed by atoms with Crippen molar-refractivity contribution in [3.05, 3.63) is 29.3 Å². The van der Waals surface area contributed by atoms with E-state index < -0.39 is 0 Å². The van der Waals surface area contributed by atoms with E-state index in [4.69, 9.17) is 4.74 Å². The van der Waals surface area contributed by atoms with Crippen LogP contribution in [-0.2, 0) is 0 Å². The van der Waals surface area contributed by atoms with E-state index in [-0.39, 0.29) is 6.61 Å². The molecule has 1 fully saturated rings. The van der Waals surface area contributed by atoms with Gasteiger partial charge in [0.1, 0.15) is 5.75 Å². The molecule has 1 aliphatic rings. The van der Waals surface area contributed by atoms with Crippen LogP contribution in [0.5, 0.6) is 5.75 Å². The lowest BCUT2D eigenvalue weighted by Crippen LogP contribution is -2.38. The molecule has 0 saturated carbocycles. The van der Waals surface area contributed by atoms with Crippen LogP contribution < -0.4 is 4.74 Å². The summed E-state index contributed by atoms with van der Waals surface area (Å²) < 4.78 is 5.87. The van der Waals surface area contributed by atoms with Crippen molar-refractivity contribution in [3.63, 3.8) is 0 Å². The Morgan fingerprint density at radius 3 is 2.62 bits per heavy atom. The molecule has 118 valence electrons. The van der Waals surface area contributed by atoms with Crippen LogP contribution in [0.3, 0.4) is 0 Å². The van der Waals surface area contributed by atoms with E-state index in [9.17, 15) is 5.11 Å². The fourth-order valence-electron chi connectivity index (χ4n) is 3.21. The topological polar surface area (TPSA) is 32.7 Å². The third-order valence-corrected chi connectivity index (χ3v) is 4.26. The maximum atomic E-state index is 9.51. The molecule has 1 aromatic carbocycles. The largest absolute Gasteiger partial charge is 0.494 e. The summed E-state index contributed by atoms with van der Waals surface area (Å²) in [7, 11) is 0. The van der Waals surface area contributed by atoms with Crippen LogP contribution in [0.1, 0.15) is 43.2 Å². The average molecular weight is 291 g/mol. The van der Waals surface area contributed by atoms with Crippen LogP contribution in [0, 0.1) is 13.8 Å². The number of ether oxygens (including phenoxy) is 1. The Kier molecular flexibility index (Phi) is 6.52. The molecule has 2 rings (SSSR count). The fraction of sp³-hybridized carbons (Fsp3) is 0.667. The molecule has 1 unspecified atom stereocenters. The molecule has 0 amide bonds. The second kappa shape index (κ2) is 8.40. The smallest absolute Gasteiger partial charge is 0.119 e. The number of rotatable bonds is 6. The van der Waals surface area contributed by atoms with Gasteiger partial charge in [-0.15, -0.1) is 0 Å². The Morgan fingerprint density at radius 1 is 1.14 bits per heavy atom. The molecule has 3 nitrogen and oxygen atoms in total. The Hall–Kier alpha value is -1.06. The van der Waals surface area contributed by atoms with Gasteiger partial charge in [-0.3, -0.25) is 4.90 Å². The summed E-state index contributed by atoms with van der Waals surface area (Å²) in [4.78, 5) is 2.44. The van der Waals surface area contributed by atoms with Crippen molar-refractivity contribution in [2.45, 2.75) is 52.0 Å². The molecular weight excluding hydrogens is 262 g/mol. The maximum Gasteiger partial charge on any atom is 0.119 e. The predicted molar refractivity (Wildman–Crippen MR) is 86.9 cm³/mol. The summed E-state index contributed by atoms with van der Waals surface area (Å²) in [5.74, 6) is 0.974. The van der Waals surface area contributed by atoms with Crippen molar-refractivity contribution in [1.82, 2.24) is 4.90 Å². The van der Waals surface area contributed by atoms with Gasteiger partial charge in [0.25, 0.3) is 0 Å². The lowest BCUT2D eigenvalue weighted by atomic mass is 10.1. The molecule has 1 N–H and O–H groups in total. The zero-order chi connectivity index (χ0) is 15.1. The van der Waals surface area contributed by atoms with Gasteiger partial charge in [-0.25, -0.2) is 0 Å². The van der Waals surface area contributed by atoms with Gasteiger partial charge in [-0.05, 0) is 62.9 Å². The molecule has 0 spiro atoms. The zero-order valence-electron chi connectivity index (χ0n) is 13.5. The van der Waals surface area contributed by atoms with E-state index in [1.807, 2.05) is 0 Å². The summed E-state index contributed by atoms with van der Waals surface area (Å²) in [6.07, 6.45) is 5.96. The minimum atomic E-state index is 0.290. The van der Waals surface area contributed by atoms with Crippen molar-refractivity contribution in [2.75, 3.05) is 26.3 Å². The van der Waals surface area contributed by atoms with Crippen LogP contribution in [0.4, 0.5) is 0 Å². The first-order valence-corrected chi connectivity index (χ1v) is 8.25. The quantitative estimate of drug-likeness (QED) is 0.816. The molecule has 1 saturated heterocycles. The van der Waals surface area contributed by atoms with Crippen LogP contribution in [0.15, 0.2) is 18.2 Å². The summed E-state index contributed by atoms with van der Waals surface area (Å²) in [6.45, 7) is 7.38. The third-order valence-electron chi connectivity index (χ3n) is 4.26. The zero-order valence-corrected chi connectivity index (χ0v) is 13.5. The molecule has 3 heteroatoms. The maximum absolute atomic E-state index is 9.51. The van der Waals surface area contributed by atoms with Crippen molar-refractivity contribution >= 4 is 0 Å². The van der Waals surface area contributed by atoms with Gasteiger partial charge >= 0.3 is 0 Å². The van der Waals surface area contributed by atoms with Crippen molar-refractivity contribution in [1.29, 1.82) is 0 Å². The van der Waals surface area contributed by atoms with Crippen LogP contribution >= 0.6 is 0 Å². The highest BCUT2D eigenvalue weighted by atomic mass is 16.5. The van der Waals surface area contributed by atoms with Crippen LogP contribution in [0.25, 0.3) is 0 Å². The number of hydrogen-bond donors (Lipinski definition) is 1. The van der Waals surface area contributed by atoms with Gasteiger partial charge in [0, 0.05) is 12.6 Å². The highest BCUT2D eigenvalue weighted by Gasteiger charge is 2.19. The van der Waals surface area contributed by atoms with E-state index in [1.54, 1.807) is 0 Å². The number of nitrogens with zero attached hydrogens (tertiary/aromatic N) is 1. The lowest BCUT2D eigenvalue weighted by Gasteiger charge is -2.28. The molecule has 0 radical (unpaired) electrons. The molecule has 21 heavy (non-hydrogen) atoms. The van der Waals surface area contributed by atoms with E-state index in [1.165, 1.54) is 30.4 Å². The molecule has 1 aromatic rings. The van der Waals surface area contributed by atoms with Gasteiger partial charge in [-0.2, -0.15) is 0 Å². The molecule has 0 bridgehead atoms. The second-order valence-electron chi connectivity index (χ2n) is 6.25. The molecule has 1 aliphatic heterocycles. The lowest BCUT2D eigenvalue weighted by molar-refractivity contribution is 0.118. The number of aliphatic hydroxyl groups is 1. The highest BCUT2D eigenvalue weighted by Crippen LogP contribution is 2.18. The Morgan fingerprint density at radius 2 is 1.90 bits per heavy atom. The first kappa shape index (κ1) is 16.3. The van der Waals surface area contributed by atoms with Crippen molar-refractivity contribution in [2.24, 2.45) is 0 Å². The Bertz CT molecular complexity index is 413. The predicted octanol–water partition coefficient (Wildman–Crippen LogP) is 3.31. The van der Waals surface area contributed by atoms with Gasteiger partial charge in [0.2, 0.25) is 0 Å². The van der Waals surface area contributed by atoms with E-state index >= 15 is 0 Å². The fourth-order valence-corrected chi connectivity index (χ4v) is 3.21. The summed E-state index contributed by atoms with van der Waals surface area (Å²) in [5, 5.41) is 9.51. The normalized spacial score (nSPS) is 20.2. The summed E-state index contributed by atoms with van der Waals surface area (Å²) in [5.41, 5.74) is 2.50. The Balaban J connectivity index is 1.75. The Labute approximate surface area is 128 Å². The standard InChI is InChI=1S/C18H29NO2/c1-15-11-16(2)13-18(12-15)21-10-6-9-19-8-5-3-4-7-17(19)14-20/h11-13,17,20H,3-10,14H2,1-2H3. The van der Waals surface area contributed by atoms with E-state index in [0.29, 0.717) is 6.04 Å². The van der Waals surface area contributed by atoms with Crippen LogP contribution in [-0.4, -0.2) is 42.4 Å². The first-order valence-electron chi connectivity index (χ1n) is 8.25. The molecule has 1 atom stereocenters. The SMILES string of the molecule is Cc1cc(C)cc(OCCCN2CCCCCC2CO)c1. The molecular formula is C18H29NO2. The van der Waals surface area contributed by atoms with Gasteiger partial charge in [-0.1, -0.05) is 18.9 Å². The van der Waals surface area contributed by atoms with Crippen molar-refractivity contribution in [3.8, 4) is 5.75 Å². The minimum Gasteiger partial charge on any atom is -0.494 e. The van der Waals surface area contributed by atoms with Gasteiger partial charge in [0.05, 0.1) is 13.2 Å². The van der Waals surface area contributed by atoms with Crippen LogP contribution in [0.2, 0.25) is 0 Å². The number of likely N-dealkylation sites (tertiary alicyclic amines) is 1. The summed E-state index contributed by atoms with van der Waals surface area (Å²) >= 11 is 0. The number of aryl methyl sites for hydroxylation is 2. The monoisotopic (exact) mass is 291 g/mol.